The Kier molecular flexibility index (Phi) is 21.7. The van der Waals surface area contributed by atoms with Gasteiger partial charge in [-0.3, -0.25) is 4.48 Å². The summed E-state index contributed by atoms with van der Waals surface area (Å²) in [4.78, 5) is 33.6. The quantitative estimate of drug-likeness (QED) is 0.0837. The van der Waals surface area contributed by atoms with Crippen LogP contribution in [0.15, 0.2) is 0 Å². The molecule has 0 bridgehead atoms. The van der Waals surface area contributed by atoms with Crippen LogP contribution in [0.5, 0.6) is 0 Å². The van der Waals surface area contributed by atoms with Gasteiger partial charge in [0.1, 0.15) is 0 Å². The molecule has 0 aliphatic carbocycles. The van der Waals surface area contributed by atoms with E-state index in [-0.39, 0.29) is 6.54 Å². The number of hydrogen-bond acceptors (Lipinski definition) is 3. The van der Waals surface area contributed by atoms with E-state index in [4.69, 9.17) is 15.3 Å². The van der Waals surface area contributed by atoms with Crippen LogP contribution >= 0.6 is 0 Å². The zero-order valence-electron chi connectivity index (χ0n) is 22.5. The lowest BCUT2D eigenvalue weighted by molar-refractivity contribution is -0.907. The van der Waals surface area contributed by atoms with Gasteiger partial charge in [-0.2, -0.15) is 0 Å². The Bertz CT molecular complexity index is 511. The van der Waals surface area contributed by atoms with Crippen LogP contribution in [0.3, 0.4) is 0 Å². The van der Waals surface area contributed by atoms with E-state index in [1.807, 2.05) is 0 Å². The van der Waals surface area contributed by atoms with Crippen LogP contribution in [0.2, 0.25) is 0 Å². The minimum absolute atomic E-state index is 0.268. The molecule has 7 heteroatoms. The van der Waals surface area contributed by atoms with E-state index in [1.54, 1.807) is 0 Å². The third-order valence-electron chi connectivity index (χ3n) is 6.90. The number of carboxylic acid groups (broad SMARTS) is 3. The maximum absolute atomic E-state index is 11.2. The maximum Gasteiger partial charge on any atom is 0.359 e. The van der Waals surface area contributed by atoms with Crippen molar-refractivity contribution in [2.75, 3.05) is 26.2 Å². The normalized spacial score (nSPS) is 11.6. The number of hydrogen-bond donors (Lipinski definition) is 3. The smallest absolute Gasteiger partial charge is 0.359 e. The highest BCUT2D eigenvalue weighted by atomic mass is 16.4. The van der Waals surface area contributed by atoms with Gasteiger partial charge >= 0.3 is 17.9 Å². The molecule has 0 aliphatic heterocycles. The average molecular weight is 501 g/mol. The first kappa shape index (κ1) is 33.4. The first-order valence-electron chi connectivity index (χ1n) is 14.3. The highest BCUT2D eigenvalue weighted by Gasteiger charge is 2.35. The molecule has 0 heterocycles. The summed E-state index contributed by atoms with van der Waals surface area (Å²) in [6.45, 7) is 1.11. The molecule has 7 nitrogen and oxygen atoms in total. The number of aliphatic carboxylic acids is 3. The van der Waals surface area contributed by atoms with Crippen LogP contribution < -0.4 is 0 Å². The monoisotopic (exact) mass is 500 g/mol. The second-order valence-corrected chi connectivity index (χ2v) is 10.4. The molecule has 0 aromatic rings. The van der Waals surface area contributed by atoms with Crippen molar-refractivity contribution < 1.29 is 34.2 Å². The molecule has 35 heavy (non-hydrogen) atoms. The molecule has 0 unspecified atom stereocenters. The topological polar surface area (TPSA) is 112 Å². The van der Waals surface area contributed by atoms with Gasteiger partial charge in [0.15, 0.2) is 19.6 Å². The van der Waals surface area contributed by atoms with E-state index in [1.165, 1.54) is 103 Å². The lowest BCUT2D eigenvalue weighted by Gasteiger charge is -2.34. The number of unbranched alkanes of at least 4 members (excludes halogenated alkanes) is 19. The van der Waals surface area contributed by atoms with Crippen molar-refractivity contribution in [3.63, 3.8) is 0 Å². The molecule has 0 rings (SSSR count). The fourth-order valence-corrected chi connectivity index (χ4v) is 4.97. The summed E-state index contributed by atoms with van der Waals surface area (Å²) in [5, 5.41) is 27.4. The van der Waals surface area contributed by atoms with Crippen molar-refractivity contribution in [2.45, 2.75) is 135 Å². The zero-order chi connectivity index (χ0) is 26.2. The van der Waals surface area contributed by atoms with Gasteiger partial charge in [-0.15, -0.1) is 0 Å². The molecule has 206 valence electrons. The van der Waals surface area contributed by atoms with Crippen LogP contribution in [-0.4, -0.2) is 63.9 Å². The number of quaternary nitrogens is 1. The Morgan fingerprint density at radius 2 is 0.657 bits per heavy atom. The SMILES string of the molecule is CCCCCCCCCCCCCCCCCCCCCC[N+](CC(=O)O)(CC(=O)O)CC(=O)O. The fraction of sp³-hybridized carbons (Fsp3) is 0.893. The van der Waals surface area contributed by atoms with Crippen LogP contribution in [0, 0.1) is 0 Å². The van der Waals surface area contributed by atoms with Gasteiger partial charge in [0, 0.05) is 0 Å². The van der Waals surface area contributed by atoms with Gasteiger partial charge in [0.05, 0.1) is 6.54 Å². The molecule has 0 aromatic heterocycles. The van der Waals surface area contributed by atoms with Gasteiger partial charge in [0.25, 0.3) is 0 Å². The van der Waals surface area contributed by atoms with E-state index < -0.39 is 42.0 Å². The predicted molar refractivity (Wildman–Crippen MR) is 141 cm³/mol. The molecule has 0 aromatic carbocycles. The summed E-state index contributed by atoms with van der Waals surface area (Å²) in [6.07, 6.45) is 25.3. The highest BCUT2D eigenvalue weighted by Crippen LogP contribution is 2.16. The third-order valence-corrected chi connectivity index (χ3v) is 6.90. The van der Waals surface area contributed by atoms with Gasteiger partial charge in [-0.1, -0.05) is 122 Å². The van der Waals surface area contributed by atoms with Gasteiger partial charge in [-0.05, 0) is 12.8 Å². The summed E-state index contributed by atoms with van der Waals surface area (Å²) in [6, 6.07) is 0. The average Bonchev–Trinajstić information content (AvgIpc) is 2.76. The molecule has 3 N–H and O–H groups in total. The second kappa shape index (κ2) is 22.8. The molecule has 0 spiro atoms. The summed E-state index contributed by atoms with van der Waals surface area (Å²) in [5.41, 5.74) is 0. The molecule has 0 atom stereocenters. The van der Waals surface area contributed by atoms with Crippen molar-refractivity contribution in [1.29, 1.82) is 0 Å². The molecule has 0 fully saturated rings. The molecular weight excluding hydrogens is 446 g/mol. The van der Waals surface area contributed by atoms with Crippen molar-refractivity contribution >= 4 is 17.9 Å². The first-order valence-corrected chi connectivity index (χ1v) is 14.3. The molecule has 0 saturated heterocycles. The van der Waals surface area contributed by atoms with Crippen molar-refractivity contribution in [3.05, 3.63) is 0 Å². The molecule has 0 amide bonds. The largest absolute Gasteiger partial charge is 0.477 e. The lowest BCUT2D eigenvalue weighted by atomic mass is 10.0. The molecule has 0 radical (unpaired) electrons. The Morgan fingerprint density at radius 3 is 0.886 bits per heavy atom. The molecule has 0 saturated carbocycles. The van der Waals surface area contributed by atoms with Crippen LogP contribution in [0.4, 0.5) is 0 Å². The van der Waals surface area contributed by atoms with E-state index in [9.17, 15) is 14.4 Å². The molecule has 0 aliphatic rings. The van der Waals surface area contributed by atoms with E-state index in [0.29, 0.717) is 6.42 Å². The Balaban J connectivity index is 3.65. The number of carboxylic acids is 3. The van der Waals surface area contributed by atoms with E-state index in [2.05, 4.69) is 6.92 Å². The number of carbonyl (C=O) groups is 3. The van der Waals surface area contributed by atoms with Crippen LogP contribution in [0.1, 0.15) is 135 Å². The van der Waals surface area contributed by atoms with Crippen molar-refractivity contribution in [2.24, 2.45) is 0 Å². The Hall–Kier alpha value is -1.63. The standard InChI is InChI=1S/C28H53NO6/c1-2-3-4-5-6-7-8-9-10-11-12-13-14-15-16-17-18-19-20-21-22-29(23-26(30)31,24-27(32)33)25-28(34)35/h2-25H2,1H3,(H2-,30,31,32,33,34,35)/p+1. The highest BCUT2D eigenvalue weighted by molar-refractivity contribution is 5.73. The number of rotatable bonds is 27. The van der Waals surface area contributed by atoms with Crippen molar-refractivity contribution in [3.8, 4) is 0 Å². The Morgan fingerprint density at radius 1 is 0.429 bits per heavy atom. The van der Waals surface area contributed by atoms with Crippen LogP contribution in [0.25, 0.3) is 0 Å². The first-order chi connectivity index (χ1) is 16.8. The third kappa shape index (κ3) is 22.6. The summed E-state index contributed by atoms with van der Waals surface area (Å²) < 4.78 is -0.432. The minimum Gasteiger partial charge on any atom is -0.477 e. The second-order valence-electron chi connectivity index (χ2n) is 10.4. The van der Waals surface area contributed by atoms with Gasteiger partial charge in [0.2, 0.25) is 0 Å². The fourth-order valence-electron chi connectivity index (χ4n) is 4.97. The van der Waals surface area contributed by atoms with Crippen molar-refractivity contribution in [1.82, 2.24) is 0 Å². The summed E-state index contributed by atoms with van der Waals surface area (Å²) >= 11 is 0. The summed E-state index contributed by atoms with van der Waals surface area (Å²) in [7, 11) is 0. The summed E-state index contributed by atoms with van der Waals surface area (Å²) in [5.74, 6) is -3.50. The number of nitrogens with zero attached hydrogens (tertiary/aromatic N) is 1. The van der Waals surface area contributed by atoms with Crippen LogP contribution in [-0.2, 0) is 14.4 Å². The minimum atomic E-state index is -1.17. The maximum atomic E-state index is 11.2. The Labute approximate surface area is 213 Å². The van der Waals surface area contributed by atoms with Gasteiger partial charge < -0.3 is 15.3 Å². The molecular formula is C28H54NO6+. The zero-order valence-corrected chi connectivity index (χ0v) is 22.5. The van der Waals surface area contributed by atoms with E-state index in [0.717, 1.165) is 19.3 Å². The van der Waals surface area contributed by atoms with Gasteiger partial charge in [-0.25, -0.2) is 14.4 Å². The van der Waals surface area contributed by atoms with E-state index >= 15 is 0 Å². The predicted octanol–water partition coefficient (Wildman–Crippen LogP) is 6.88. The lowest BCUT2D eigenvalue weighted by Crippen LogP contribution is -2.57.